The van der Waals surface area contributed by atoms with Gasteiger partial charge in [0.1, 0.15) is 12.4 Å². The Hall–Kier alpha value is -1.32. The molecule has 0 saturated carbocycles. The highest BCUT2D eigenvalue weighted by Crippen LogP contribution is 2.29. The zero-order valence-electron chi connectivity index (χ0n) is 13.0. The van der Waals surface area contributed by atoms with Crippen LogP contribution >= 0.6 is 15.9 Å². The van der Waals surface area contributed by atoms with E-state index in [9.17, 15) is 0 Å². The molecule has 21 heavy (non-hydrogen) atoms. The van der Waals surface area contributed by atoms with Crippen molar-refractivity contribution in [1.82, 2.24) is 5.32 Å². The van der Waals surface area contributed by atoms with Crippen molar-refractivity contribution in [2.75, 3.05) is 7.05 Å². The predicted octanol–water partition coefficient (Wildman–Crippen LogP) is 4.93. The molecule has 0 aliphatic carbocycles. The average Bonchev–Trinajstić information content (AvgIpc) is 2.44. The third kappa shape index (κ3) is 4.32. The van der Waals surface area contributed by atoms with Crippen LogP contribution in [0.5, 0.6) is 5.75 Å². The van der Waals surface area contributed by atoms with E-state index < -0.39 is 0 Å². The first-order valence-electron chi connectivity index (χ1n) is 7.16. The third-order valence-electron chi connectivity index (χ3n) is 3.55. The van der Waals surface area contributed by atoms with E-state index in [1.165, 1.54) is 16.7 Å². The summed E-state index contributed by atoms with van der Waals surface area (Å²) in [6.07, 6.45) is 0. The number of halogens is 1. The molecule has 3 heteroatoms. The average molecular weight is 348 g/mol. The molecule has 0 fully saturated rings. The number of hydrogen-bond donors (Lipinski definition) is 1. The van der Waals surface area contributed by atoms with Crippen LogP contribution in [0.2, 0.25) is 0 Å². The van der Waals surface area contributed by atoms with E-state index in [4.69, 9.17) is 4.74 Å². The van der Waals surface area contributed by atoms with Crippen LogP contribution < -0.4 is 10.1 Å². The van der Waals surface area contributed by atoms with Crippen molar-refractivity contribution < 1.29 is 4.74 Å². The Morgan fingerprint density at radius 3 is 2.38 bits per heavy atom. The summed E-state index contributed by atoms with van der Waals surface area (Å²) >= 11 is 3.53. The lowest BCUT2D eigenvalue weighted by Crippen LogP contribution is -2.13. The Labute approximate surface area is 135 Å². The van der Waals surface area contributed by atoms with Gasteiger partial charge in [0.15, 0.2) is 0 Å². The van der Waals surface area contributed by atoms with Gasteiger partial charge >= 0.3 is 0 Å². The molecule has 1 unspecified atom stereocenters. The van der Waals surface area contributed by atoms with Gasteiger partial charge < -0.3 is 10.1 Å². The molecule has 0 aliphatic rings. The normalized spacial score (nSPS) is 12.2. The van der Waals surface area contributed by atoms with Gasteiger partial charge in [-0.2, -0.15) is 0 Å². The van der Waals surface area contributed by atoms with E-state index in [0.717, 1.165) is 15.8 Å². The van der Waals surface area contributed by atoms with Crippen LogP contribution in [0.3, 0.4) is 0 Å². The van der Waals surface area contributed by atoms with Crippen LogP contribution in [0.1, 0.15) is 35.2 Å². The number of nitrogens with one attached hydrogen (secondary N) is 1. The summed E-state index contributed by atoms with van der Waals surface area (Å²) in [6, 6.07) is 12.9. The van der Waals surface area contributed by atoms with Crippen molar-refractivity contribution in [1.29, 1.82) is 0 Å². The SMILES string of the molecule is CNC(C)c1cc(Br)ccc1OCc1cc(C)cc(C)c1. The van der Waals surface area contributed by atoms with E-state index >= 15 is 0 Å². The summed E-state index contributed by atoms with van der Waals surface area (Å²) in [4.78, 5) is 0. The van der Waals surface area contributed by atoms with Gasteiger partial charge in [0.05, 0.1) is 0 Å². The van der Waals surface area contributed by atoms with Crippen molar-refractivity contribution in [3.05, 3.63) is 63.1 Å². The van der Waals surface area contributed by atoms with Crippen LogP contribution in [0.15, 0.2) is 40.9 Å². The van der Waals surface area contributed by atoms with Gasteiger partial charge in [-0.25, -0.2) is 0 Å². The maximum Gasteiger partial charge on any atom is 0.124 e. The molecule has 0 heterocycles. The van der Waals surface area contributed by atoms with Gasteiger partial charge in [0, 0.05) is 16.1 Å². The lowest BCUT2D eigenvalue weighted by Gasteiger charge is -2.17. The van der Waals surface area contributed by atoms with Gasteiger partial charge in [-0.05, 0) is 51.6 Å². The van der Waals surface area contributed by atoms with Crippen LogP contribution in [-0.2, 0) is 6.61 Å². The molecule has 0 aromatic heterocycles. The maximum absolute atomic E-state index is 6.05. The van der Waals surface area contributed by atoms with Crippen molar-refractivity contribution in [3.8, 4) is 5.75 Å². The molecule has 1 N–H and O–H groups in total. The van der Waals surface area contributed by atoms with Crippen LogP contribution in [-0.4, -0.2) is 7.05 Å². The first kappa shape index (κ1) is 16.1. The Balaban J connectivity index is 2.19. The summed E-state index contributed by atoms with van der Waals surface area (Å²) in [6.45, 7) is 6.95. The fourth-order valence-corrected chi connectivity index (χ4v) is 2.84. The molecule has 112 valence electrons. The Bertz CT molecular complexity index is 604. The molecule has 2 aromatic rings. The highest BCUT2D eigenvalue weighted by Gasteiger charge is 2.11. The highest BCUT2D eigenvalue weighted by molar-refractivity contribution is 9.10. The minimum atomic E-state index is 0.247. The standard InChI is InChI=1S/C18H22BrNO/c1-12-7-13(2)9-15(8-12)11-21-18-6-5-16(19)10-17(18)14(3)20-4/h5-10,14,20H,11H2,1-4H3. The van der Waals surface area contributed by atoms with E-state index in [1.54, 1.807) is 0 Å². The van der Waals surface area contributed by atoms with Crippen molar-refractivity contribution in [2.24, 2.45) is 0 Å². The Morgan fingerprint density at radius 1 is 1.10 bits per heavy atom. The second kappa shape index (κ2) is 7.10. The van der Waals surface area contributed by atoms with Crippen molar-refractivity contribution >= 4 is 15.9 Å². The molecule has 0 saturated heterocycles. The molecule has 2 rings (SSSR count). The van der Waals surface area contributed by atoms with E-state index in [2.05, 4.69) is 66.3 Å². The zero-order chi connectivity index (χ0) is 15.4. The van der Waals surface area contributed by atoms with E-state index in [0.29, 0.717) is 6.61 Å². The number of rotatable bonds is 5. The van der Waals surface area contributed by atoms with Gasteiger partial charge in [-0.15, -0.1) is 0 Å². The first-order valence-corrected chi connectivity index (χ1v) is 7.95. The van der Waals surface area contributed by atoms with Gasteiger partial charge in [-0.1, -0.05) is 45.3 Å². The summed E-state index contributed by atoms with van der Waals surface area (Å²) in [5.41, 5.74) is 4.91. The fourth-order valence-electron chi connectivity index (χ4n) is 2.46. The van der Waals surface area contributed by atoms with Gasteiger partial charge in [0.25, 0.3) is 0 Å². The highest BCUT2D eigenvalue weighted by atomic mass is 79.9. The second-order valence-electron chi connectivity index (χ2n) is 5.48. The first-order chi connectivity index (χ1) is 9.99. The largest absolute Gasteiger partial charge is 0.489 e. The van der Waals surface area contributed by atoms with Crippen LogP contribution in [0.4, 0.5) is 0 Å². The van der Waals surface area contributed by atoms with Crippen LogP contribution in [0, 0.1) is 13.8 Å². The lowest BCUT2D eigenvalue weighted by atomic mass is 10.1. The molecule has 0 aliphatic heterocycles. The summed E-state index contributed by atoms with van der Waals surface area (Å²) < 4.78 is 7.12. The molecule has 2 aromatic carbocycles. The zero-order valence-corrected chi connectivity index (χ0v) is 14.6. The number of ether oxygens (including phenoxy) is 1. The molecule has 0 spiro atoms. The van der Waals surface area contributed by atoms with Crippen LogP contribution in [0.25, 0.3) is 0 Å². The lowest BCUT2D eigenvalue weighted by molar-refractivity contribution is 0.300. The summed E-state index contributed by atoms with van der Waals surface area (Å²) in [7, 11) is 1.96. The van der Waals surface area contributed by atoms with Crippen molar-refractivity contribution in [3.63, 3.8) is 0 Å². The molecule has 1 atom stereocenters. The number of benzene rings is 2. The number of hydrogen-bond acceptors (Lipinski definition) is 2. The predicted molar refractivity (Wildman–Crippen MR) is 91.9 cm³/mol. The van der Waals surface area contributed by atoms with Crippen molar-refractivity contribution in [2.45, 2.75) is 33.4 Å². The third-order valence-corrected chi connectivity index (χ3v) is 4.04. The molecule has 0 radical (unpaired) electrons. The second-order valence-corrected chi connectivity index (χ2v) is 6.39. The Morgan fingerprint density at radius 2 is 1.76 bits per heavy atom. The van der Waals surface area contributed by atoms with E-state index in [-0.39, 0.29) is 6.04 Å². The smallest absolute Gasteiger partial charge is 0.124 e. The molecular weight excluding hydrogens is 326 g/mol. The topological polar surface area (TPSA) is 21.3 Å². The Kier molecular flexibility index (Phi) is 5.43. The minimum Gasteiger partial charge on any atom is -0.489 e. The molecule has 0 bridgehead atoms. The summed E-state index contributed by atoms with van der Waals surface area (Å²) in [5, 5.41) is 3.26. The van der Waals surface area contributed by atoms with Gasteiger partial charge in [0.2, 0.25) is 0 Å². The fraction of sp³-hybridized carbons (Fsp3) is 0.333. The van der Waals surface area contributed by atoms with Gasteiger partial charge in [-0.3, -0.25) is 0 Å². The quantitative estimate of drug-likeness (QED) is 0.828. The number of aryl methyl sites for hydroxylation is 2. The van der Waals surface area contributed by atoms with E-state index in [1.807, 2.05) is 19.2 Å². The monoisotopic (exact) mass is 347 g/mol. The maximum atomic E-state index is 6.05. The minimum absolute atomic E-state index is 0.247. The molecule has 2 nitrogen and oxygen atoms in total. The molecular formula is C18H22BrNO. The molecule has 0 amide bonds. The summed E-state index contributed by atoms with van der Waals surface area (Å²) in [5.74, 6) is 0.930.